The molecule has 0 aliphatic carbocycles. The summed E-state index contributed by atoms with van der Waals surface area (Å²) >= 11 is 0. The summed E-state index contributed by atoms with van der Waals surface area (Å²) in [7, 11) is 0. The molecule has 0 radical (unpaired) electrons. The molecule has 1 N–H and O–H groups in total. The second-order valence-electron chi connectivity index (χ2n) is 4.32. The topological polar surface area (TPSA) is 67.9 Å². The molecule has 0 spiro atoms. The standard InChI is InChI=1S/C14H18N2O4/c1-2-19-11-5-3-4-6-12(11)20-8-7-16-10-13(17)15-9-14(16)18/h3-6H,2,7-10H2,1H3,(H,15,17). The van der Waals surface area contributed by atoms with Crippen molar-refractivity contribution in [3.8, 4) is 11.5 Å². The minimum absolute atomic E-state index is 0.0639. The summed E-state index contributed by atoms with van der Waals surface area (Å²) < 4.78 is 11.1. The van der Waals surface area contributed by atoms with Crippen LogP contribution >= 0.6 is 0 Å². The zero-order valence-corrected chi connectivity index (χ0v) is 11.4. The zero-order chi connectivity index (χ0) is 14.4. The minimum atomic E-state index is -0.140. The highest BCUT2D eigenvalue weighted by Gasteiger charge is 2.22. The number of nitrogens with one attached hydrogen (secondary N) is 1. The van der Waals surface area contributed by atoms with E-state index in [1.165, 1.54) is 4.90 Å². The Kier molecular flexibility index (Phi) is 4.81. The molecule has 6 heteroatoms. The Hall–Kier alpha value is -2.24. The molecule has 1 aromatic carbocycles. The lowest BCUT2D eigenvalue weighted by Crippen LogP contribution is -2.52. The van der Waals surface area contributed by atoms with Gasteiger partial charge in [-0.1, -0.05) is 12.1 Å². The molecule has 0 aromatic heterocycles. The molecule has 20 heavy (non-hydrogen) atoms. The third-order valence-electron chi connectivity index (χ3n) is 2.89. The number of piperazine rings is 1. The molecule has 1 heterocycles. The van der Waals surface area contributed by atoms with Gasteiger partial charge in [0.2, 0.25) is 11.8 Å². The first-order valence-electron chi connectivity index (χ1n) is 6.60. The Bertz CT molecular complexity index is 490. The van der Waals surface area contributed by atoms with Crippen LogP contribution in [0, 0.1) is 0 Å². The van der Waals surface area contributed by atoms with Gasteiger partial charge < -0.3 is 19.7 Å². The summed E-state index contributed by atoms with van der Waals surface area (Å²) in [6.45, 7) is 3.33. The van der Waals surface area contributed by atoms with Crippen molar-refractivity contribution < 1.29 is 19.1 Å². The van der Waals surface area contributed by atoms with Crippen LogP contribution in [0.3, 0.4) is 0 Å². The van der Waals surface area contributed by atoms with Crippen molar-refractivity contribution in [1.29, 1.82) is 0 Å². The van der Waals surface area contributed by atoms with Crippen molar-refractivity contribution in [2.24, 2.45) is 0 Å². The van der Waals surface area contributed by atoms with Gasteiger partial charge in [0.1, 0.15) is 6.61 Å². The number of rotatable bonds is 6. The van der Waals surface area contributed by atoms with Crippen molar-refractivity contribution >= 4 is 11.8 Å². The van der Waals surface area contributed by atoms with Gasteiger partial charge in [-0.2, -0.15) is 0 Å². The number of benzene rings is 1. The Balaban J connectivity index is 1.86. The van der Waals surface area contributed by atoms with E-state index in [4.69, 9.17) is 9.47 Å². The van der Waals surface area contributed by atoms with Gasteiger partial charge in [-0.05, 0) is 19.1 Å². The molecule has 1 aliphatic heterocycles. The fourth-order valence-electron chi connectivity index (χ4n) is 1.92. The lowest BCUT2D eigenvalue weighted by Gasteiger charge is -2.26. The van der Waals surface area contributed by atoms with Gasteiger partial charge >= 0.3 is 0 Å². The largest absolute Gasteiger partial charge is 0.490 e. The van der Waals surface area contributed by atoms with E-state index in [2.05, 4.69) is 5.32 Å². The Labute approximate surface area is 117 Å². The maximum Gasteiger partial charge on any atom is 0.242 e. The highest BCUT2D eigenvalue weighted by Crippen LogP contribution is 2.26. The van der Waals surface area contributed by atoms with Gasteiger partial charge in [-0.3, -0.25) is 9.59 Å². The molecule has 1 saturated heterocycles. The summed E-state index contributed by atoms with van der Waals surface area (Å²) in [5.74, 6) is 1.09. The van der Waals surface area contributed by atoms with E-state index >= 15 is 0 Å². The lowest BCUT2D eigenvalue weighted by molar-refractivity contribution is -0.140. The van der Waals surface area contributed by atoms with Crippen molar-refractivity contribution in [2.75, 3.05) is 32.8 Å². The molecule has 0 bridgehead atoms. The molecule has 1 aromatic rings. The van der Waals surface area contributed by atoms with Crippen molar-refractivity contribution in [3.05, 3.63) is 24.3 Å². The van der Waals surface area contributed by atoms with Gasteiger partial charge in [0.25, 0.3) is 0 Å². The first-order valence-corrected chi connectivity index (χ1v) is 6.60. The maximum absolute atomic E-state index is 11.6. The highest BCUT2D eigenvalue weighted by molar-refractivity contribution is 5.92. The summed E-state index contributed by atoms with van der Waals surface area (Å²) in [6.07, 6.45) is 0. The van der Waals surface area contributed by atoms with Crippen LogP contribution < -0.4 is 14.8 Å². The smallest absolute Gasteiger partial charge is 0.242 e. The number of para-hydroxylation sites is 2. The second-order valence-corrected chi connectivity index (χ2v) is 4.32. The molecular formula is C14H18N2O4. The second kappa shape index (κ2) is 6.79. The predicted octanol–water partition coefficient (Wildman–Crippen LogP) is 0.422. The number of ether oxygens (including phenoxy) is 2. The van der Waals surface area contributed by atoms with Crippen LogP contribution in [0.2, 0.25) is 0 Å². The fourth-order valence-corrected chi connectivity index (χ4v) is 1.92. The average molecular weight is 278 g/mol. The monoisotopic (exact) mass is 278 g/mol. The highest BCUT2D eigenvalue weighted by atomic mass is 16.5. The summed E-state index contributed by atoms with van der Waals surface area (Å²) in [4.78, 5) is 24.3. The molecule has 2 amide bonds. The van der Waals surface area contributed by atoms with Gasteiger partial charge in [0.15, 0.2) is 11.5 Å². The molecule has 0 atom stereocenters. The Morgan fingerprint density at radius 2 is 1.90 bits per heavy atom. The lowest BCUT2D eigenvalue weighted by atomic mass is 10.3. The van der Waals surface area contributed by atoms with Gasteiger partial charge in [-0.15, -0.1) is 0 Å². The van der Waals surface area contributed by atoms with Crippen LogP contribution in [0.4, 0.5) is 0 Å². The van der Waals surface area contributed by atoms with Crippen molar-refractivity contribution in [2.45, 2.75) is 6.92 Å². The first-order chi connectivity index (χ1) is 9.70. The van der Waals surface area contributed by atoms with E-state index in [1.54, 1.807) is 0 Å². The van der Waals surface area contributed by atoms with Crippen LogP contribution in [0.15, 0.2) is 24.3 Å². The molecule has 108 valence electrons. The number of amides is 2. The van der Waals surface area contributed by atoms with E-state index < -0.39 is 0 Å². The van der Waals surface area contributed by atoms with E-state index in [9.17, 15) is 9.59 Å². The average Bonchev–Trinajstić information content (AvgIpc) is 2.45. The normalized spacial score (nSPS) is 14.9. The van der Waals surface area contributed by atoms with Gasteiger partial charge in [-0.25, -0.2) is 0 Å². The van der Waals surface area contributed by atoms with Crippen LogP contribution in [0.5, 0.6) is 11.5 Å². The first kappa shape index (κ1) is 14.2. The van der Waals surface area contributed by atoms with E-state index in [1.807, 2.05) is 31.2 Å². The van der Waals surface area contributed by atoms with Crippen LogP contribution in [0.25, 0.3) is 0 Å². The number of nitrogens with zero attached hydrogens (tertiary/aromatic N) is 1. The zero-order valence-electron chi connectivity index (χ0n) is 11.4. The number of carbonyl (C=O) groups is 2. The molecule has 0 unspecified atom stereocenters. The summed E-state index contributed by atoms with van der Waals surface area (Å²) in [5.41, 5.74) is 0. The summed E-state index contributed by atoms with van der Waals surface area (Å²) in [5, 5.41) is 2.50. The van der Waals surface area contributed by atoms with E-state index in [-0.39, 0.29) is 24.9 Å². The van der Waals surface area contributed by atoms with Crippen LogP contribution in [0.1, 0.15) is 6.92 Å². The van der Waals surface area contributed by atoms with Gasteiger partial charge in [0.05, 0.1) is 26.2 Å². The maximum atomic E-state index is 11.6. The van der Waals surface area contributed by atoms with Crippen LogP contribution in [-0.4, -0.2) is 49.6 Å². The Morgan fingerprint density at radius 1 is 1.20 bits per heavy atom. The predicted molar refractivity (Wildman–Crippen MR) is 72.7 cm³/mol. The molecule has 6 nitrogen and oxygen atoms in total. The Morgan fingerprint density at radius 3 is 2.60 bits per heavy atom. The molecule has 1 aliphatic rings. The summed E-state index contributed by atoms with van der Waals surface area (Å²) in [6, 6.07) is 7.38. The number of hydrogen-bond acceptors (Lipinski definition) is 4. The SMILES string of the molecule is CCOc1ccccc1OCCN1CC(=O)NCC1=O. The number of carbonyl (C=O) groups excluding carboxylic acids is 2. The van der Waals surface area contributed by atoms with E-state index in [0.29, 0.717) is 31.3 Å². The van der Waals surface area contributed by atoms with Crippen molar-refractivity contribution in [3.63, 3.8) is 0 Å². The molecule has 0 saturated carbocycles. The third-order valence-corrected chi connectivity index (χ3v) is 2.89. The van der Waals surface area contributed by atoms with Gasteiger partial charge in [0, 0.05) is 0 Å². The molecule has 2 rings (SSSR count). The third kappa shape index (κ3) is 3.63. The number of hydrogen-bond donors (Lipinski definition) is 1. The fraction of sp³-hybridized carbons (Fsp3) is 0.429. The molecule has 1 fully saturated rings. The minimum Gasteiger partial charge on any atom is -0.490 e. The van der Waals surface area contributed by atoms with Crippen LogP contribution in [-0.2, 0) is 9.59 Å². The van der Waals surface area contributed by atoms with Crippen molar-refractivity contribution in [1.82, 2.24) is 10.2 Å². The van der Waals surface area contributed by atoms with E-state index in [0.717, 1.165) is 0 Å². The quantitative estimate of drug-likeness (QED) is 0.819. The molecular weight excluding hydrogens is 260 g/mol.